The molecule has 0 heterocycles. The van der Waals surface area contributed by atoms with Crippen LogP contribution in [0.25, 0.3) is 0 Å². The maximum absolute atomic E-state index is 10.5. The second-order valence-corrected chi connectivity index (χ2v) is 7.14. The molecule has 0 spiro atoms. The van der Waals surface area contributed by atoms with Crippen molar-refractivity contribution in [2.24, 2.45) is 0 Å². The number of rotatable bonds is 16. The molecule has 2 N–H and O–H groups in total. The molecule has 22 heavy (non-hydrogen) atoms. The summed E-state index contributed by atoms with van der Waals surface area (Å²) in [5, 5.41) is 19.5. The van der Waals surface area contributed by atoms with Gasteiger partial charge in [-0.15, -0.1) is 0 Å². The molecule has 0 aliphatic rings. The third-order valence-corrected chi connectivity index (χ3v) is 4.90. The Morgan fingerprint density at radius 2 is 1.09 bits per heavy atom. The fourth-order valence-corrected chi connectivity index (χ4v) is 3.07. The van der Waals surface area contributed by atoms with Crippen molar-refractivity contribution in [3.8, 4) is 0 Å². The summed E-state index contributed by atoms with van der Waals surface area (Å²) >= 11 is 0. The normalized spacial score (nSPS) is 14.5. The SMILES string of the molecule is CCCCCCCCCCCCCCC(O)(CCO)[C](C)C. The summed E-state index contributed by atoms with van der Waals surface area (Å²) in [6, 6.07) is 0. The Morgan fingerprint density at radius 1 is 0.682 bits per heavy atom. The van der Waals surface area contributed by atoms with Crippen LogP contribution in [0.4, 0.5) is 0 Å². The summed E-state index contributed by atoms with van der Waals surface area (Å²) in [6.45, 7) is 6.27. The molecule has 0 amide bonds. The van der Waals surface area contributed by atoms with Crippen molar-refractivity contribution in [3.63, 3.8) is 0 Å². The molecule has 133 valence electrons. The summed E-state index contributed by atoms with van der Waals surface area (Å²) in [7, 11) is 0. The molecule has 0 aliphatic heterocycles. The first kappa shape index (κ1) is 21.9. The van der Waals surface area contributed by atoms with Crippen LogP contribution in [0, 0.1) is 5.92 Å². The van der Waals surface area contributed by atoms with Crippen LogP contribution in [0.2, 0.25) is 0 Å². The molecule has 0 saturated carbocycles. The van der Waals surface area contributed by atoms with Gasteiger partial charge in [-0.1, -0.05) is 97.8 Å². The molecule has 2 nitrogen and oxygen atoms in total. The Bertz CT molecular complexity index is 228. The molecule has 0 bridgehead atoms. The number of hydrogen-bond acceptors (Lipinski definition) is 2. The average molecular weight is 314 g/mol. The van der Waals surface area contributed by atoms with Crippen LogP contribution in [0.3, 0.4) is 0 Å². The zero-order valence-corrected chi connectivity index (χ0v) is 15.5. The maximum Gasteiger partial charge on any atom is 0.0726 e. The van der Waals surface area contributed by atoms with Crippen molar-refractivity contribution in [1.82, 2.24) is 0 Å². The predicted octanol–water partition coefficient (Wildman–Crippen LogP) is 5.81. The van der Waals surface area contributed by atoms with E-state index in [9.17, 15) is 5.11 Å². The van der Waals surface area contributed by atoms with E-state index in [-0.39, 0.29) is 6.61 Å². The van der Waals surface area contributed by atoms with Gasteiger partial charge in [0, 0.05) is 12.5 Å². The monoisotopic (exact) mass is 313 g/mol. The number of unbranched alkanes of at least 4 members (excludes halogenated alkanes) is 11. The fourth-order valence-electron chi connectivity index (χ4n) is 3.07. The van der Waals surface area contributed by atoms with E-state index in [0.29, 0.717) is 6.42 Å². The minimum absolute atomic E-state index is 0.0694. The molecule has 0 aromatic rings. The molecule has 2 heteroatoms. The van der Waals surface area contributed by atoms with Crippen molar-refractivity contribution in [2.75, 3.05) is 6.61 Å². The highest BCUT2D eigenvalue weighted by atomic mass is 16.3. The van der Waals surface area contributed by atoms with Crippen LogP contribution in [0.5, 0.6) is 0 Å². The Hall–Kier alpha value is -0.0800. The molecule has 0 aromatic heterocycles. The standard InChI is InChI=1S/C20H41O2/c1-4-5-6-7-8-9-10-11-12-13-14-15-16-20(22,17-18-21)19(2)3/h21-22H,4-18H2,1-3H3. The van der Waals surface area contributed by atoms with Crippen LogP contribution in [-0.4, -0.2) is 22.4 Å². The van der Waals surface area contributed by atoms with Crippen molar-refractivity contribution in [1.29, 1.82) is 0 Å². The molecule has 0 rings (SSSR count). The van der Waals surface area contributed by atoms with Crippen molar-refractivity contribution < 1.29 is 10.2 Å². The van der Waals surface area contributed by atoms with Gasteiger partial charge in [-0.05, 0) is 12.8 Å². The van der Waals surface area contributed by atoms with Gasteiger partial charge in [-0.2, -0.15) is 0 Å². The van der Waals surface area contributed by atoms with E-state index < -0.39 is 5.60 Å². The van der Waals surface area contributed by atoms with E-state index in [2.05, 4.69) is 6.92 Å². The van der Waals surface area contributed by atoms with Gasteiger partial charge in [0.25, 0.3) is 0 Å². The molecule has 1 atom stereocenters. The van der Waals surface area contributed by atoms with Gasteiger partial charge in [0.2, 0.25) is 0 Å². The molecular formula is C20H41O2. The van der Waals surface area contributed by atoms with Crippen LogP contribution < -0.4 is 0 Å². The Balaban J connectivity index is 3.39. The van der Waals surface area contributed by atoms with Gasteiger partial charge in [0.15, 0.2) is 0 Å². The minimum Gasteiger partial charge on any atom is -0.396 e. The lowest BCUT2D eigenvalue weighted by atomic mass is 9.82. The molecule has 0 aromatic carbocycles. The molecule has 1 unspecified atom stereocenters. The Labute approximate surface area is 139 Å². The first-order chi connectivity index (χ1) is 10.6. The molecule has 1 radical (unpaired) electrons. The molecular weight excluding hydrogens is 272 g/mol. The quantitative estimate of drug-likeness (QED) is 0.353. The lowest BCUT2D eigenvalue weighted by Crippen LogP contribution is -2.34. The summed E-state index contributed by atoms with van der Waals surface area (Å²) < 4.78 is 0. The summed E-state index contributed by atoms with van der Waals surface area (Å²) in [5.74, 6) is 1.03. The molecule has 0 fully saturated rings. The molecule has 0 saturated heterocycles. The predicted molar refractivity (Wildman–Crippen MR) is 96.9 cm³/mol. The number of aliphatic hydroxyl groups excluding tert-OH is 1. The Morgan fingerprint density at radius 3 is 1.45 bits per heavy atom. The summed E-state index contributed by atoms with van der Waals surface area (Å²) in [4.78, 5) is 0. The topological polar surface area (TPSA) is 40.5 Å². The zero-order chi connectivity index (χ0) is 16.7. The Kier molecular flexibility index (Phi) is 14.5. The third kappa shape index (κ3) is 11.5. The van der Waals surface area contributed by atoms with Crippen molar-refractivity contribution in [2.45, 2.75) is 116 Å². The van der Waals surface area contributed by atoms with E-state index >= 15 is 0 Å². The second kappa shape index (κ2) is 14.5. The fraction of sp³-hybridized carbons (Fsp3) is 0.950. The smallest absolute Gasteiger partial charge is 0.0726 e. The minimum atomic E-state index is -0.743. The van der Waals surface area contributed by atoms with Gasteiger partial charge >= 0.3 is 0 Å². The summed E-state index contributed by atoms with van der Waals surface area (Å²) in [6.07, 6.45) is 17.3. The van der Waals surface area contributed by atoms with Crippen molar-refractivity contribution in [3.05, 3.63) is 5.92 Å². The summed E-state index contributed by atoms with van der Waals surface area (Å²) in [5.41, 5.74) is -0.743. The van der Waals surface area contributed by atoms with Gasteiger partial charge in [-0.3, -0.25) is 0 Å². The highest BCUT2D eigenvalue weighted by Gasteiger charge is 2.29. The van der Waals surface area contributed by atoms with Gasteiger partial charge in [-0.25, -0.2) is 0 Å². The largest absolute Gasteiger partial charge is 0.396 e. The van der Waals surface area contributed by atoms with Gasteiger partial charge < -0.3 is 10.2 Å². The van der Waals surface area contributed by atoms with E-state index in [1.165, 1.54) is 70.6 Å². The lowest BCUT2D eigenvalue weighted by molar-refractivity contribution is 0.0200. The van der Waals surface area contributed by atoms with Crippen LogP contribution in [-0.2, 0) is 0 Å². The highest BCUT2D eigenvalue weighted by molar-refractivity contribution is 5.01. The second-order valence-electron chi connectivity index (χ2n) is 7.14. The van der Waals surface area contributed by atoms with E-state index in [1.54, 1.807) is 0 Å². The number of hydrogen-bond donors (Lipinski definition) is 2. The van der Waals surface area contributed by atoms with Gasteiger partial charge in [0.1, 0.15) is 0 Å². The van der Waals surface area contributed by atoms with E-state index in [0.717, 1.165) is 18.8 Å². The van der Waals surface area contributed by atoms with Gasteiger partial charge in [0.05, 0.1) is 5.60 Å². The highest BCUT2D eigenvalue weighted by Crippen LogP contribution is 2.29. The maximum atomic E-state index is 10.5. The first-order valence-electron chi connectivity index (χ1n) is 9.70. The van der Waals surface area contributed by atoms with E-state index in [1.807, 2.05) is 13.8 Å². The zero-order valence-electron chi connectivity index (χ0n) is 15.5. The first-order valence-corrected chi connectivity index (χ1v) is 9.70. The lowest BCUT2D eigenvalue weighted by Gasteiger charge is -2.31. The third-order valence-electron chi connectivity index (χ3n) is 4.90. The van der Waals surface area contributed by atoms with E-state index in [4.69, 9.17) is 5.11 Å². The van der Waals surface area contributed by atoms with Crippen LogP contribution >= 0.6 is 0 Å². The molecule has 0 aliphatic carbocycles. The van der Waals surface area contributed by atoms with Crippen LogP contribution in [0.15, 0.2) is 0 Å². The number of aliphatic hydroxyl groups is 2. The average Bonchev–Trinajstić information content (AvgIpc) is 2.48. The van der Waals surface area contributed by atoms with Crippen LogP contribution in [0.1, 0.15) is 111 Å². The van der Waals surface area contributed by atoms with Crippen molar-refractivity contribution >= 4 is 0 Å².